The maximum atomic E-state index is 6.14. The molecule has 1 atom stereocenters. The zero-order chi connectivity index (χ0) is 13.5. The predicted molar refractivity (Wildman–Crippen MR) is 79.2 cm³/mol. The van der Waals surface area contributed by atoms with E-state index < -0.39 is 0 Å². The number of hydrogen-bond donors (Lipinski definition) is 2. The van der Waals surface area contributed by atoms with Gasteiger partial charge in [0, 0.05) is 6.04 Å². The Morgan fingerprint density at radius 2 is 2.00 bits per heavy atom. The van der Waals surface area contributed by atoms with Gasteiger partial charge in [-0.05, 0) is 30.9 Å². The minimum absolute atomic E-state index is 0.439. The number of benzene rings is 1. The van der Waals surface area contributed by atoms with E-state index in [9.17, 15) is 0 Å². The van der Waals surface area contributed by atoms with Crippen LogP contribution in [0, 0.1) is 5.92 Å². The molecule has 1 unspecified atom stereocenters. The van der Waals surface area contributed by atoms with Gasteiger partial charge in [0.05, 0.1) is 18.0 Å². The third kappa shape index (κ3) is 3.83. The van der Waals surface area contributed by atoms with Gasteiger partial charge in [0.15, 0.2) is 0 Å². The lowest BCUT2D eigenvalue weighted by Gasteiger charge is -2.23. The number of rotatable bonds is 7. The summed E-state index contributed by atoms with van der Waals surface area (Å²) in [5, 5.41) is 3.51. The van der Waals surface area contributed by atoms with Gasteiger partial charge in [0.2, 0.25) is 0 Å². The van der Waals surface area contributed by atoms with Gasteiger partial charge in [-0.1, -0.05) is 33.8 Å². The van der Waals surface area contributed by atoms with Crippen molar-refractivity contribution in [3.63, 3.8) is 0 Å². The maximum absolute atomic E-state index is 6.14. The lowest BCUT2D eigenvalue weighted by molar-refractivity contribution is 0.319. The second-order valence-electron chi connectivity index (χ2n) is 4.97. The topological polar surface area (TPSA) is 47.3 Å². The van der Waals surface area contributed by atoms with Gasteiger partial charge in [0.1, 0.15) is 5.75 Å². The van der Waals surface area contributed by atoms with Crippen molar-refractivity contribution in [1.82, 2.24) is 0 Å². The van der Waals surface area contributed by atoms with Crippen molar-refractivity contribution in [1.29, 1.82) is 0 Å². The molecule has 0 aliphatic heterocycles. The molecule has 3 nitrogen and oxygen atoms in total. The van der Waals surface area contributed by atoms with Crippen LogP contribution >= 0.6 is 0 Å². The highest BCUT2D eigenvalue weighted by Gasteiger charge is 2.13. The van der Waals surface area contributed by atoms with Crippen molar-refractivity contribution in [2.45, 2.75) is 46.6 Å². The fraction of sp³-hybridized carbons (Fsp3) is 0.600. The molecular formula is C15H26N2O. The first-order chi connectivity index (χ1) is 8.60. The van der Waals surface area contributed by atoms with E-state index in [2.05, 4.69) is 33.0 Å². The van der Waals surface area contributed by atoms with Crippen LogP contribution in [-0.4, -0.2) is 12.6 Å². The molecule has 1 aromatic carbocycles. The van der Waals surface area contributed by atoms with Crippen LogP contribution in [0.3, 0.4) is 0 Å². The molecule has 0 bridgehead atoms. The number of nitrogen functional groups attached to an aromatic ring is 1. The van der Waals surface area contributed by atoms with E-state index in [0.717, 1.165) is 24.3 Å². The van der Waals surface area contributed by atoms with Gasteiger partial charge < -0.3 is 15.8 Å². The molecule has 0 aliphatic carbocycles. The zero-order valence-electron chi connectivity index (χ0n) is 12.0. The highest BCUT2D eigenvalue weighted by molar-refractivity contribution is 5.73. The SMILES string of the molecule is CCCOc1cccc(NC(CC)C(C)C)c1N. The van der Waals surface area contributed by atoms with Gasteiger partial charge >= 0.3 is 0 Å². The van der Waals surface area contributed by atoms with Crippen molar-refractivity contribution in [2.75, 3.05) is 17.7 Å². The summed E-state index contributed by atoms with van der Waals surface area (Å²) in [6.07, 6.45) is 2.07. The summed E-state index contributed by atoms with van der Waals surface area (Å²) in [5.74, 6) is 1.36. The molecule has 102 valence electrons. The molecule has 0 aromatic heterocycles. The van der Waals surface area contributed by atoms with Crippen LogP contribution in [0.2, 0.25) is 0 Å². The van der Waals surface area contributed by atoms with E-state index in [4.69, 9.17) is 10.5 Å². The Kier molecular flexibility index (Phi) is 5.83. The van der Waals surface area contributed by atoms with E-state index in [1.54, 1.807) is 0 Å². The summed E-state index contributed by atoms with van der Waals surface area (Å²) in [5.41, 5.74) is 7.83. The molecule has 18 heavy (non-hydrogen) atoms. The average Bonchev–Trinajstić information content (AvgIpc) is 2.35. The van der Waals surface area contributed by atoms with Crippen molar-refractivity contribution in [3.05, 3.63) is 18.2 Å². The lowest BCUT2D eigenvalue weighted by atomic mass is 10.0. The van der Waals surface area contributed by atoms with Crippen LogP contribution in [0.25, 0.3) is 0 Å². The van der Waals surface area contributed by atoms with Gasteiger partial charge in [-0.25, -0.2) is 0 Å². The molecule has 0 saturated heterocycles. The van der Waals surface area contributed by atoms with Crippen LogP contribution < -0.4 is 15.8 Å². The van der Waals surface area contributed by atoms with Crippen LogP contribution in [0.15, 0.2) is 18.2 Å². The molecular weight excluding hydrogens is 224 g/mol. The maximum Gasteiger partial charge on any atom is 0.144 e. The minimum Gasteiger partial charge on any atom is -0.491 e. The Morgan fingerprint density at radius 3 is 2.56 bits per heavy atom. The summed E-state index contributed by atoms with van der Waals surface area (Å²) in [7, 11) is 0. The first kappa shape index (κ1) is 14.7. The monoisotopic (exact) mass is 250 g/mol. The van der Waals surface area contributed by atoms with Gasteiger partial charge in [-0.2, -0.15) is 0 Å². The summed E-state index contributed by atoms with van der Waals surface area (Å²) in [6, 6.07) is 6.36. The zero-order valence-corrected chi connectivity index (χ0v) is 12.0. The van der Waals surface area contributed by atoms with Crippen molar-refractivity contribution < 1.29 is 4.74 Å². The number of anilines is 2. The second-order valence-corrected chi connectivity index (χ2v) is 4.97. The van der Waals surface area contributed by atoms with Crippen LogP contribution in [0.1, 0.15) is 40.5 Å². The molecule has 0 heterocycles. The third-order valence-electron chi connectivity index (χ3n) is 3.11. The van der Waals surface area contributed by atoms with Crippen molar-refractivity contribution >= 4 is 11.4 Å². The second kappa shape index (κ2) is 7.14. The first-order valence-corrected chi connectivity index (χ1v) is 6.87. The van der Waals surface area contributed by atoms with Crippen molar-refractivity contribution in [2.24, 2.45) is 5.92 Å². The number of nitrogens with one attached hydrogen (secondary N) is 1. The minimum atomic E-state index is 0.439. The Hall–Kier alpha value is -1.38. The number of para-hydroxylation sites is 1. The van der Waals surface area contributed by atoms with Crippen LogP contribution in [-0.2, 0) is 0 Å². The first-order valence-electron chi connectivity index (χ1n) is 6.87. The van der Waals surface area contributed by atoms with E-state index in [-0.39, 0.29) is 0 Å². The largest absolute Gasteiger partial charge is 0.491 e. The molecule has 1 aromatic rings. The highest BCUT2D eigenvalue weighted by atomic mass is 16.5. The summed E-state index contributed by atoms with van der Waals surface area (Å²) < 4.78 is 5.64. The summed E-state index contributed by atoms with van der Waals surface area (Å²) in [4.78, 5) is 0. The van der Waals surface area contributed by atoms with E-state index in [1.165, 1.54) is 0 Å². The van der Waals surface area contributed by atoms with Crippen molar-refractivity contribution in [3.8, 4) is 5.75 Å². The van der Waals surface area contributed by atoms with Crippen LogP contribution in [0.5, 0.6) is 5.75 Å². The van der Waals surface area contributed by atoms with E-state index >= 15 is 0 Å². The lowest BCUT2D eigenvalue weighted by Crippen LogP contribution is -2.25. The highest BCUT2D eigenvalue weighted by Crippen LogP contribution is 2.30. The Balaban J connectivity index is 2.82. The number of hydrogen-bond acceptors (Lipinski definition) is 3. The van der Waals surface area contributed by atoms with E-state index in [0.29, 0.717) is 24.3 Å². The Labute approximate surface area is 111 Å². The molecule has 1 rings (SSSR count). The van der Waals surface area contributed by atoms with Gasteiger partial charge in [-0.3, -0.25) is 0 Å². The quantitative estimate of drug-likeness (QED) is 0.721. The van der Waals surface area contributed by atoms with Gasteiger partial charge in [0.25, 0.3) is 0 Å². The molecule has 0 saturated carbocycles. The smallest absolute Gasteiger partial charge is 0.144 e. The normalized spacial score (nSPS) is 12.5. The fourth-order valence-corrected chi connectivity index (χ4v) is 1.95. The number of ether oxygens (including phenoxy) is 1. The fourth-order valence-electron chi connectivity index (χ4n) is 1.95. The van der Waals surface area contributed by atoms with Crippen LogP contribution in [0.4, 0.5) is 11.4 Å². The molecule has 0 aliphatic rings. The Morgan fingerprint density at radius 1 is 1.28 bits per heavy atom. The molecule has 0 spiro atoms. The standard InChI is InChI=1S/C15H26N2O/c1-5-10-18-14-9-7-8-13(15(14)16)17-12(6-2)11(3)4/h7-9,11-12,17H,5-6,10,16H2,1-4H3. The molecule has 0 radical (unpaired) electrons. The summed E-state index contributed by atoms with van der Waals surface area (Å²) in [6.45, 7) is 9.41. The molecule has 3 heteroatoms. The molecule has 0 amide bonds. The Bertz CT molecular complexity index is 364. The average molecular weight is 250 g/mol. The predicted octanol–water partition coefficient (Wildman–Crippen LogP) is 3.90. The third-order valence-corrected chi connectivity index (χ3v) is 3.11. The van der Waals surface area contributed by atoms with Gasteiger partial charge in [-0.15, -0.1) is 0 Å². The molecule has 0 fully saturated rings. The number of nitrogens with two attached hydrogens (primary N) is 1. The molecule has 3 N–H and O–H groups in total. The van der Waals surface area contributed by atoms with E-state index in [1.807, 2.05) is 18.2 Å². The summed E-state index contributed by atoms with van der Waals surface area (Å²) >= 11 is 0.